The highest BCUT2D eigenvalue weighted by Gasteiger charge is 2.28. The zero-order valence-corrected chi connectivity index (χ0v) is 22.2. The molecule has 9 nitrogen and oxygen atoms in total. The molecule has 2 aliphatic rings. The Bertz CT molecular complexity index is 1300. The van der Waals surface area contributed by atoms with Gasteiger partial charge in [-0.25, -0.2) is 13.8 Å². The molecule has 2 atom stereocenters. The average Bonchev–Trinajstić information content (AvgIpc) is 2.87. The lowest BCUT2D eigenvalue weighted by atomic mass is 10.00. The number of benzene rings is 1. The maximum absolute atomic E-state index is 14.6. The Morgan fingerprint density at radius 2 is 2.08 bits per heavy atom. The number of hydrogen-bond donors (Lipinski definition) is 3. The van der Waals surface area contributed by atoms with Gasteiger partial charge in [-0.2, -0.15) is 0 Å². The molecular weight excluding hydrogens is 543 g/mol. The van der Waals surface area contributed by atoms with Crippen molar-refractivity contribution in [3.63, 3.8) is 0 Å². The van der Waals surface area contributed by atoms with Gasteiger partial charge in [0, 0.05) is 42.7 Å². The predicted octanol–water partition coefficient (Wildman–Crippen LogP) is 2.86. The fourth-order valence-corrected chi connectivity index (χ4v) is 4.68. The van der Waals surface area contributed by atoms with Crippen molar-refractivity contribution in [2.75, 3.05) is 38.7 Å². The number of amides is 1. The van der Waals surface area contributed by atoms with Crippen LogP contribution in [0.2, 0.25) is 0 Å². The molecule has 38 heavy (non-hydrogen) atoms. The Labute approximate surface area is 230 Å². The van der Waals surface area contributed by atoms with Gasteiger partial charge in [0.05, 0.1) is 25.1 Å². The molecule has 0 saturated carbocycles. The minimum absolute atomic E-state index is 0. The number of nitrogens with one attached hydrogen (secondary N) is 2. The number of likely N-dealkylation sites (tertiary alicyclic amines) is 1. The second-order valence-electron chi connectivity index (χ2n) is 8.97. The summed E-state index contributed by atoms with van der Waals surface area (Å²) in [5, 5.41) is 17.1. The number of ether oxygens (including phenoxy) is 2. The zero-order chi connectivity index (χ0) is 25.2. The van der Waals surface area contributed by atoms with Crippen molar-refractivity contribution < 1.29 is 28.2 Å². The molecule has 0 aliphatic carbocycles. The highest BCUT2D eigenvalue weighted by Crippen LogP contribution is 2.28. The molecule has 0 unspecified atom stereocenters. The number of fused-ring (bicyclic) bond motifs is 2. The van der Waals surface area contributed by atoms with Crippen LogP contribution in [0, 0.1) is 11.6 Å². The van der Waals surface area contributed by atoms with Crippen molar-refractivity contribution in [2.45, 2.75) is 31.5 Å². The molecule has 2 aromatic heterocycles. The summed E-state index contributed by atoms with van der Waals surface area (Å²) in [6.45, 7) is 2.03. The number of aliphatic hydroxyl groups excluding tert-OH is 1. The van der Waals surface area contributed by atoms with Crippen molar-refractivity contribution in [3.8, 4) is 11.5 Å². The van der Waals surface area contributed by atoms with Gasteiger partial charge in [0.1, 0.15) is 17.1 Å². The summed E-state index contributed by atoms with van der Waals surface area (Å²) in [6.07, 6.45) is 1.45. The number of carbonyl (C=O) groups excluding carboxylic acids is 1. The smallest absolute Gasteiger partial charge is 0.263 e. The van der Waals surface area contributed by atoms with Gasteiger partial charge < -0.3 is 30.1 Å². The summed E-state index contributed by atoms with van der Waals surface area (Å²) in [5.74, 6) is -0.0608. The van der Waals surface area contributed by atoms with E-state index in [1.165, 1.54) is 13.2 Å². The van der Waals surface area contributed by atoms with E-state index < -0.39 is 17.7 Å². The first-order chi connectivity index (χ1) is 17.4. The summed E-state index contributed by atoms with van der Waals surface area (Å²) in [5.41, 5.74) is 1.20. The standard InChI is InChI=1S/C25H27F2N5O4.2ClH/c1-35-15-8-17-16(19(27)11-29-24(17)18(26)9-15)4-6-32-7-5-20(21(33)12-32)28-10-14-2-3-22-25(30-14)31-23(34)13-36-22;;/h2-3,8-9,11,20-21,28,33H,4-7,10,12-13H2,1H3,(H,30,31,34);2*1H/t20-,21-;;/m0../s1. The molecule has 1 fully saturated rings. The van der Waals surface area contributed by atoms with Crippen molar-refractivity contribution >= 4 is 47.4 Å². The van der Waals surface area contributed by atoms with E-state index in [2.05, 4.69) is 25.5 Å². The fraction of sp³-hybridized carbons (Fsp3) is 0.400. The monoisotopic (exact) mass is 571 g/mol. The van der Waals surface area contributed by atoms with Crippen LogP contribution in [0.25, 0.3) is 10.9 Å². The molecule has 3 N–H and O–H groups in total. The minimum atomic E-state index is -0.629. The number of rotatable bonds is 7. The van der Waals surface area contributed by atoms with E-state index in [9.17, 15) is 18.7 Å². The SMILES string of the molecule is COc1cc(F)c2ncc(F)c(CCN3CC[C@H](NCc4ccc5c(n4)NC(=O)CO5)[C@@H](O)C3)c2c1.Cl.Cl. The molecular formula is C25H29Cl2F2N5O4. The first-order valence-electron chi connectivity index (χ1n) is 11.8. The number of aromatic nitrogens is 2. The van der Waals surface area contributed by atoms with Crippen LogP contribution in [0.1, 0.15) is 17.7 Å². The van der Waals surface area contributed by atoms with Crippen LogP contribution < -0.4 is 20.1 Å². The fourth-order valence-electron chi connectivity index (χ4n) is 4.68. The maximum Gasteiger partial charge on any atom is 0.263 e. The highest BCUT2D eigenvalue weighted by molar-refractivity contribution is 5.94. The van der Waals surface area contributed by atoms with Crippen molar-refractivity contribution in [1.29, 1.82) is 0 Å². The molecule has 13 heteroatoms. The number of methoxy groups -OCH3 is 1. The van der Waals surface area contributed by atoms with Crippen molar-refractivity contribution in [3.05, 3.63) is 53.4 Å². The topological polar surface area (TPSA) is 109 Å². The Balaban J connectivity index is 0.00000200. The highest BCUT2D eigenvalue weighted by atomic mass is 35.5. The number of β-amino-alcohol motifs (C(OH)–C–C–N with tert-alkyl or cyclic N) is 1. The summed E-state index contributed by atoms with van der Waals surface area (Å²) in [4.78, 5) is 21.9. The second-order valence-corrected chi connectivity index (χ2v) is 8.97. The Morgan fingerprint density at radius 1 is 1.26 bits per heavy atom. The van der Waals surface area contributed by atoms with Gasteiger partial charge in [-0.1, -0.05) is 0 Å². The van der Waals surface area contributed by atoms with E-state index in [4.69, 9.17) is 9.47 Å². The molecule has 0 radical (unpaired) electrons. The molecule has 0 bridgehead atoms. The largest absolute Gasteiger partial charge is 0.497 e. The van der Waals surface area contributed by atoms with E-state index in [0.717, 1.165) is 11.9 Å². The summed E-state index contributed by atoms with van der Waals surface area (Å²) >= 11 is 0. The second kappa shape index (κ2) is 12.8. The van der Waals surface area contributed by atoms with Gasteiger partial charge >= 0.3 is 0 Å². The first kappa shape index (κ1) is 29.7. The van der Waals surface area contributed by atoms with Crippen LogP contribution >= 0.6 is 24.8 Å². The molecule has 2 aliphatic heterocycles. The number of anilines is 1. The summed E-state index contributed by atoms with van der Waals surface area (Å²) < 4.78 is 39.5. The summed E-state index contributed by atoms with van der Waals surface area (Å²) in [7, 11) is 1.43. The van der Waals surface area contributed by atoms with E-state index in [0.29, 0.717) is 67.3 Å². The lowest BCUT2D eigenvalue weighted by Crippen LogP contribution is -2.52. The van der Waals surface area contributed by atoms with Gasteiger partial charge in [0.25, 0.3) is 5.91 Å². The van der Waals surface area contributed by atoms with Crippen LogP contribution in [0.15, 0.2) is 30.5 Å². The molecule has 1 aromatic carbocycles. The van der Waals surface area contributed by atoms with Gasteiger partial charge in [-0.05, 0) is 37.6 Å². The predicted molar refractivity (Wildman–Crippen MR) is 142 cm³/mol. The number of nitrogens with zero attached hydrogens (tertiary/aromatic N) is 3. The summed E-state index contributed by atoms with van der Waals surface area (Å²) in [6, 6.07) is 6.27. The number of carbonyl (C=O) groups is 1. The number of piperidine rings is 1. The number of pyridine rings is 2. The van der Waals surface area contributed by atoms with Crippen LogP contribution in [-0.2, 0) is 17.8 Å². The zero-order valence-electron chi connectivity index (χ0n) is 20.6. The quantitative estimate of drug-likeness (QED) is 0.397. The van der Waals surface area contributed by atoms with Gasteiger partial charge in [0.15, 0.2) is 24.0 Å². The van der Waals surface area contributed by atoms with E-state index in [1.54, 1.807) is 12.1 Å². The van der Waals surface area contributed by atoms with E-state index in [1.807, 2.05) is 6.07 Å². The van der Waals surface area contributed by atoms with Crippen molar-refractivity contribution in [1.82, 2.24) is 20.2 Å². The van der Waals surface area contributed by atoms with Gasteiger partial charge in [-0.15, -0.1) is 24.8 Å². The third kappa shape index (κ3) is 6.41. The van der Waals surface area contributed by atoms with E-state index in [-0.39, 0.29) is 48.9 Å². The Kier molecular flexibility index (Phi) is 10.0. The molecule has 1 saturated heterocycles. The molecule has 206 valence electrons. The normalized spacial score (nSPS) is 19.0. The molecule has 1 amide bonds. The van der Waals surface area contributed by atoms with Crippen LogP contribution in [0.4, 0.5) is 14.6 Å². The maximum atomic E-state index is 14.6. The molecule has 4 heterocycles. The average molecular weight is 572 g/mol. The number of hydrogen-bond acceptors (Lipinski definition) is 8. The van der Waals surface area contributed by atoms with Crippen LogP contribution in [0.3, 0.4) is 0 Å². The lowest BCUT2D eigenvalue weighted by Gasteiger charge is -2.36. The first-order valence-corrected chi connectivity index (χ1v) is 11.8. The third-order valence-electron chi connectivity index (χ3n) is 6.61. The van der Waals surface area contributed by atoms with Crippen LogP contribution in [0.5, 0.6) is 11.5 Å². The van der Waals surface area contributed by atoms with E-state index >= 15 is 0 Å². The van der Waals surface area contributed by atoms with Crippen molar-refractivity contribution in [2.24, 2.45) is 0 Å². The Morgan fingerprint density at radius 3 is 2.84 bits per heavy atom. The lowest BCUT2D eigenvalue weighted by molar-refractivity contribution is -0.118. The van der Waals surface area contributed by atoms with Crippen LogP contribution in [-0.4, -0.2) is 71.4 Å². The number of halogens is 4. The molecule has 0 spiro atoms. The number of aliphatic hydroxyl groups is 1. The Hall–Kier alpha value is -2.83. The molecule has 5 rings (SSSR count). The third-order valence-corrected chi connectivity index (χ3v) is 6.61. The minimum Gasteiger partial charge on any atom is -0.497 e. The van der Waals surface area contributed by atoms with Gasteiger partial charge in [-0.3, -0.25) is 9.78 Å². The molecule has 3 aromatic rings. The van der Waals surface area contributed by atoms with Gasteiger partial charge in [0.2, 0.25) is 0 Å².